The molecule has 0 fully saturated rings. The summed E-state index contributed by atoms with van der Waals surface area (Å²) in [7, 11) is 1.79. The lowest BCUT2D eigenvalue weighted by molar-refractivity contribution is 0.102. The lowest BCUT2D eigenvalue weighted by Gasteiger charge is -2.10. The Morgan fingerprint density at radius 2 is 1.81 bits per heavy atom. The smallest absolute Gasteiger partial charge is 0.295 e. The van der Waals surface area contributed by atoms with Crippen LogP contribution in [0.25, 0.3) is 28.0 Å². The number of amides is 1. The predicted molar refractivity (Wildman–Crippen MR) is 139 cm³/mol. The molecule has 0 atom stereocenters. The summed E-state index contributed by atoms with van der Waals surface area (Å²) >= 11 is 0. The third-order valence-electron chi connectivity index (χ3n) is 6.41. The zero-order chi connectivity index (χ0) is 25.7. The Bertz CT molecular complexity index is 1670. The van der Waals surface area contributed by atoms with Crippen LogP contribution >= 0.6 is 0 Å². The van der Waals surface area contributed by atoms with Gasteiger partial charge in [0.05, 0.1) is 34.2 Å². The number of anilines is 1. The fourth-order valence-corrected chi connectivity index (χ4v) is 4.50. The minimum absolute atomic E-state index is 0.0442. The van der Waals surface area contributed by atoms with Crippen molar-refractivity contribution in [1.82, 2.24) is 24.1 Å². The summed E-state index contributed by atoms with van der Waals surface area (Å²) in [6.07, 6.45) is 1.65. The summed E-state index contributed by atoms with van der Waals surface area (Å²) in [6, 6.07) is 13.0. The van der Waals surface area contributed by atoms with Crippen molar-refractivity contribution in [2.45, 2.75) is 40.7 Å². The minimum atomic E-state index is -0.407. The number of hydrogen-bond acceptors (Lipinski definition) is 5. The molecule has 1 amide bonds. The van der Waals surface area contributed by atoms with Gasteiger partial charge in [0, 0.05) is 18.7 Å². The first kappa shape index (κ1) is 23.3. The highest BCUT2D eigenvalue weighted by atomic mass is 16.3. The number of furan rings is 1. The van der Waals surface area contributed by atoms with Crippen molar-refractivity contribution in [2.24, 2.45) is 7.05 Å². The van der Waals surface area contributed by atoms with E-state index in [0.29, 0.717) is 39.4 Å². The first-order valence-electron chi connectivity index (χ1n) is 11.8. The number of aryl methyl sites for hydroxylation is 2. The summed E-state index contributed by atoms with van der Waals surface area (Å²) in [6.45, 7) is 9.56. The van der Waals surface area contributed by atoms with Gasteiger partial charge in [0.1, 0.15) is 17.2 Å². The summed E-state index contributed by atoms with van der Waals surface area (Å²) in [5.41, 5.74) is 3.67. The van der Waals surface area contributed by atoms with Crippen molar-refractivity contribution in [3.63, 3.8) is 0 Å². The Morgan fingerprint density at radius 1 is 1.08 bits per heavy atom. The maximum Gasteiger partial charge on any atom is 0.295 e. The predicted octanol–water partition coefficient (Wildman–Crippen LogP) is 4.94. The maximum atomic E-state index is 13.7. The van der Waals surface area contributed by atoms with Crippen molar-refractivity contribution in [2.75, 3.05) is 5.32 Å². The molecule has 4 heterocycles. The van der Waals surface area contributed by atoms with E-state index >= 15 is 0 Å². The number of para-hydroxylation sites is 1. The Morgan fingerprint density at radius 3 is 2.44 bits per heavy atom. The molecule has 0 saturated heterocycles. The van der Waals surface area contributed by atoms with Gasteiger partial charge in [0.2, 0.25) is 0 Å². The first-order valence-corrected chi connectivity index (χ1v) is 11.8. The molecule has 36 heavy (non-hydrogen) atoms. The summed E-state index contributed by atoms with van der Waals surface area (Å²) in [5.74, 6) is 1.07. The van der Waals surface area contributed by atoms with Gasteiger partial charge in [-0.25, -0.2) is 14.3 Å². The second-order valence-electron chi connectivity index (χ2n) is 9.19. The van der Waals surface area contributed by atoms with Gasteiger partial charge in [-0.05, 0) is 58.9 Å². The maximum absolute atomic E-state index is 13.7. The molecular formula is C27H28N6O3. The lowest BCUT2D eigenvalue weighted by Crippen LogP contribution is -2.23. The van der Waals surface area contributed by atoms with Crippen molar-refractivity contribution in [3.05, 3.63) is 81.8 Å². The Hall–Kier alpha value is -4.40. The molecule has 0 aliphatic carbocycles. The van der Waals surface area contributed by atoms with Gasteiger partial charge >= 0.3 is 0 Å². The van der Waals surface area contributed by atoms with E-state index in [1.807, 2.05) is 64.1 Å². The molecule has 5 aromatic rings. The molecule has 0 bridgehead atoms. The minimum Gasteiger partial charge on any atom is -0.466 e. The highest BCUT2D eigenvalue weighted by Crippen LogP contribution is 2.30. The fraction of sp³-hybridized carbons (Fsp3) is 0.259. The number of carbonyl (C=O) groups is 1. The van der Waals surface area contributed by atoms with Crippen molar-refractivity contribution in [3.8, 4) is 16.9 Å². The second kappa shape index (κ2) is 8.67. The number of fused-ring (bicyclic) bond motifs is 1. The van der Waals surface area contributed by atoms with E-state index in [9.17, 15) is 9.59 Å². The topological polar surface area (TPSA) is 99.9 Å². The molecule has 1 N–H and O–H groups in total. The molecule has 9 heteroatoms. The van der Waals surface area contributed by atoms with Crippen LogP contribution in [0.15, 0.2) is 57.9 Å². The molecule has 0 spiro atoms. The summed E-state index contributed by atoms with van der Waals surface area (Å²) in [5, 5.41) is 7.97. The van der Waals surface area contributed by atoms with Gasteiger partial charge in [-0.1, -0.05) is 18.2 Å². The SMILES string of the molecule is Cc1cc(-c2cc(C(=O)Nc3c(C)n(C)n(-c4ccccc4)c3=O)c3cnn(C(C)C)c3n2)c(C)o1. The van der Waals surface area contributed by atoms with Crippen LogP contribution in [0, 0.1) is 20.8 Å². The molecule has 4 aromatic heterocycles. The van der Waals surface area contributed by atoms with Crippen LogP contribution in [0.4, 0.5) is 5.69 Å². The van der Waals surface area contributed by atoms with Crippen LogP contribution in [-0.4, -0.2) is 30.0 Å². The van der Waals surface area contributed by atoms with E-state index in [1.54, 1.807) is 35.6 Å². The zero-order valence-electron chi connectivity index (χ0n) is 21.2. The van der Waals surface area contributed by atoms with E-state index in [1.165, 1.54) is 4.68 Å². The Balaban J connectivity index is 1.64. The van der Waals surface area contributed by atoms with Gasteiger partial charge < -0.3 is 9.73 Å². The number of pyridine rings is 1. The van der Waals surface area contributed by atoms with Crippen LogP contribution in [0.5, 0.6) is 0 Å². The van der Waals surface area contributed by atoms with E-state index in [4.69, 9.17) is 9.40 Å². The summed E-state index contributed by atoms with van der Waals surface area (Å²) < 4.78 is 10.8. The Labute approximate surface area is 208 Å². The number of nitrogens with zero attached hydrogens (tertiary/aromatic N) is 5. The molecular weight excluding hydrogens is 456 g/mol. The van der Waals surface area contributed by atoms with E-state index in [-0.39, 0.29) is 17.3 Å². The largest absolute Gasteiger partial charge is 0.466 e. The number of hydrogen-bond donors (Lipinski definition) is 1. The average Bonchev–Trinajstić information content (AvgIpc) is 3.49. The van der Waals surface area contributed by atoms with Crippen molar-refractivity contribution in [1.29, 1.82) is 0 Å². The van der Waals surface area contributed by atoms with Gasteiger partial charge in [0.25, 0.3) is 11.5 Å². The van der Waals surface area contributed by atoms with Crippen LogP contribution in [0.3, 0.4) is 0 Å². The first-order chi connectivity index (χ1) is 17.2. The fourth-order valence-electron chi connectivity index (χ4n) is 4.50. The van der Waals surface area contributed by atoms with Crippen LogP contribution < -0.4 is 10.9 Å². The molecule has 1 aromatic carbocycles. The monoisotopic (exact) mass is 484 g/mol. The van der Waals surface area contributed by atoms with Gasteiger partial charge in [0.15, 0.2) is 5.65 Å². The van der Waals surface area contributed by atoms with Crippen molar-refractivity contribution >= 4 is 22.6 Å². The third kappa shape index (κ3) is 3.73. The van der Waals surface area contributed by atoms with E-state index in [2.05, 4.69) is 10.4 Å². The van der Waals surface area contributed by atoms with Crippen molar-refractivity contribution < 1.29 is 9.21 Å². The van der Waals surface area contributed by atoms with Gasteiger partial charge in [-0.3, -0.25) is 14.3 Å². The summed E-state index contributed by atoms with van der Waals surface area (Å²) in [4.78, 5) is 31.9. The number of rotatable bonds is 5. The molecule has 184 valence electrons. The molecule has 0 aliphatic rings. The molecule has 0 unspecified atom stereocenters. The average molecular weight is 485 g/mol. The van der Waals surface area contributed by atoms with Gasteiger partial charge in [-0.2, -0.15) is 5.10 Å². The number of benzene rings is 1. The molecule has 5 rings (SSSR count). The highest BCUT2D eigenvalue weighted by molar-refractivity contribution is 6.12. The third-order valence-corrected chi connectivity index (χ3v) is 6.41. The van der Waals surface area contributed by atoms with Gasteiger partial charge in [-0.15, -0.1) is 0 Å². The van der Waals surface area contributed by atoms with Crippen LogP contribution in [0.2, 0.25) is 0 Å². The number of carbonyl (C=O) groups excluding carboxylic acids is 1. The van der Waals surface area contributed by atoms with E-state index in [0.717, 1.165) is 11.3 Å². The number of aromatic nitrogens is 5. The lowest BCUT2D eigenvalue weighted by atomic mass is 10.1. The zero-order valence-corrected chi connectivity index (χ0v) is 21.2. The normalized spacial score (nSPS) is 11.5. The Kier molecular flexibility index (Phi) is 5.62. The molecule has 0 radical (unpaired) electrons. The number of nitrogens with one attached hydrogen (secondary N) is 1. The van der Waals surface area contributed by atoms with Crippen LogP contribution in [0.1, 0.15) is 47.5 Å². The quantitative estimate of drug-likeness (QED) is 0.381. The molecule has 0 aliphatic heterocycles. The molecule has 0 saturated carbocycles. The second-order valence-corrected chi connectivity index (χ2v) is 9.19. The molecule has 9 nitrogen and oxygen atoms in total. The van der Waals surface area contributed by atoms with E-state index < -0.39 is 5.91 Å². The standard InChI is InChI=1S/C27H28N6O3/c1-15(2)32-25-22(14-28-32)21(13-23(29-25)20-12-16(3)36-18(20)5)26(34)30-24-17(4)31(6)33(27(24)35)19-10-8-7-9-11-19/h7-15H,1-6H3,(H,30,34). The highest BCUT2D eigenvalue weighted by Gasteiger charge is 2.23. The van der Waals surface area contributed by atoms with Crippen LogP contribution in [-0.2, 0) is 7.05 Å².